The van der Waals surface area contributed by atoms with Crippen molar-refractivity contribution in [3.63, 3.8) is 0 Å². The molecule has 0 radical (unpaired) electrons. The highest BCUT2D eigenvalue weighted by Gasteiger charge is 2.52. The van der Waals surface area contributed by atoms with Crippen molar-refractivity contribution in [2.24, 2.45) is 29.6 Å². The van der Waals surface area contributed by atoms with Gasteiger partial charge in [0.25, 0.3) is 5.91 Å². The topological polar surface area (TPSA) is 105 Å². The van der Waals surface area contributed by atoms with Crippen molar-refractivity contribution in [2.45, 2.75) is 71.9 Å². The Hall–Kier alpha value is -3.42. The number of hydrogen-bond acceptors (Lipinski definition) is 4. The molecule has 0 saturated heterocycles. The minimum Gasteiger partial charge on any atom is -0.339 e. The first-order chi connectivity index (χ1) is 18.3. The zero-order valence-corrected chi connectivity index (χ0v) is 22.7. The van der Waals surface area contributed by atoms with Gasteiger partial charge in [-0.15, -0.1) is 0 Å². The highest BCUT2D eigenvalue weighted by Crippen LogP contribution is 2.57. The number of carbonyl (C=O) groups is 2. The predicted octanol–water partition coefficient (Wildman–Crippen LogP) is 5.28. The molecule has 0 spiro atoms. The quantitative estimate of drug-likeness (QED) is 0.399. The van der Waals surface area contributed by atoms with E-state index >= 15 is 0 Å². The maximum absolute atomic E-state index is 13.9. The molecule has 3 aromatic rings. The summed E-state index contributed by atoms with van der Waals surface area (Å²) >= 11 is 0. The van der Waals surface area contributed by atoms with Crippen molar-refractivity contribution in [3.8, 4) is 11.1 Å². The number of H-pyrrole nitrogens is 1. The number of carbonyl (C=O) groups excluding carboxylic acids is 2. The molecule has 4 saturated carbocycles. The van der Waals surface area contributed by atoms with Crippen LogP contribution in [0.2, 0.25) is 0 Å². The second-order valence-corrected chi connectivity index (χ2v) is 12.1. The van der Waals surface area contributed by atoms with E-state index in [0.29, 0.717) is 17.5 Å². The summed E-state index contributed by atoms with van der Waals surface area (Å²) in [5.41, 5.74) is 5.33. The lowest BCUT2D eigenvalue weighted by Gasteiger charge is -2.56. The van der Waals surface area contributed by atoms with Crippen LogP contribution in [0.5, 0.6) is 0 Å². The molecule has 7 rings (SSSR count). The van der Waals surface area contributed by atoms with Gasteiger partial charge in [0.1, 0.15) is 11.7 Å². The van der Waals surface area contributed by atoms with E-state index in [1.165, 1.54) is 32.1 Å². The largest absolute Gasteiger partial charge is 0.339 e. The Morgan fingerprint density at radius 1 is 0.974 bits per heavy atom. The molecule has 4 bridgehead atoms. The van der Waals surface area contributed by atoms with E-state index in [2.05, 4.69) is 25.9 Å². The fourth-order valence-corrected chi connectivity index (χ4v) is 7.89. The molecule has 8 heteroatoms. The number of aryl methyl sites for hydroxylation is 2. The average molecular weight is 515 g/mol. The van der Waals surface area contributed by atoms with Gasteiger partial charge >= 0.3 is 0 Å². The summed E-state index contributed by atoms with van der Waals surface area (Å²) in [6.45, 7) is 8.00. The third kappa shape index (κ3) is 4.44. The number of nitrogens with one attached hydrogen (secondary N) is 3. The Kier molecular flexibility index (Phi) is 6.36. The molecule has 0 aliphatic heterocycles. The SMILES string of the molecule is Cc1n[nH]c(C)c1-c1ccc(NC(=O)C(NC(=O)c2ccnn2C(C)C)C2C3CC4CC(C3)CC2C4)cc1. The normalized spacial score (nSPS) is 26.5. The molecule has 1 aromatic carbocycles. The number of aromatic nitrogens is 4. The molecule has 2 heterocycles. The Labute approximate surface area is 224 Å². The maximum Gasteiger partial charge on any atom is 0.270 e. The van der Waals surface area contributed by atoms with Crippen molar-refractivity contribution in [1.82, 2.24) is 25.3 Å². The van der Waals surface area contributed by atoms with E-state index in [9.17, 15) is 9.59 Å². The zero-order chi connectivity index (χ0) is 26.6. The van der Waals surface area contributed by atoms with E-state index in [0.717, 1.165) is 40.0 Å². The molecule has 8 nitrogen and oxygen atoms in total. The predicted molar refractivity (Wildman–Crippen MR) is 147 cm³/mol. The van der Waals surface area contributed by atoms with Gasteiger partial charge in [-0.25, -0.2) is 0 Å². The summed E-state index contributed by atoms with van der Waals surface area (Å²) in [7, 11) is 0. The van der Waals surface area contributed by atoms with Crippen molar-refractivity contribution in [2.75, 3.05) is 5.32 Å². The van der Waals surface area contributed by atoms with Crippen LogP contribution in [0.15, 0.2) is 36.5 Å². The molecule has 2 aromatic heterocycles. The Morgan fingerprint density at radius 3 is 2.21 bits per heavy atom. The summed E-state index contributed by atoms with van der Waals surface area (Å²) in [5, 5.41) is 18.0. The number of amides is 2. The number of rotatable bonds is 7. The van der Waals surface area contributed by atoms with Crippen LogP contribution >= 0.6 is 0 Å². The number of hydrogen-bond donors (Lipinski definition) is 3. The average Bonchev–Trinajstić information content (AvgIpc) is 3.50. The van der Waals surface area contributed by atoms with Gasteiger partial charge in [0.2, 0.25) is 5.91 Å². The van der Waals surface area contributed by atoms with Gasteiger partial charge in [0.15, 0.2) is 0 Å². The van der Waals surface area contributed by atoms with Gasteiger partial charge in [-0.1, -0.05) is 12.1 Å². The standard InChI is InChI=1S/C30H38N6O2/c1-16(2)36-25(9-10-31-36)29(37)33-28(27-22-12-19-11-20(14-22)15-23(27)13-19)30(38)32-24-7-5-21(6-8-24)26-17(3)34-35-18(26)4/h5-10,16,19-20,22-23,27-28H,11-15H2,1-4H3,(H,32,38)(H,33,37)(H,34,35). The van der Waals surface area contributed by atoms with Gasteiger partial charge in [-0.05, 0) is 113 Å². The Bertz CT molecular complexity index is 1290. The van der Waals surface area contributed by atoms with E-state index < -0.39 is 6.04 Å². The molecule has 1 atom stereocenters. The molecular weight excluding hydrogens is 476 g/mol. The lowest BCUT2D eigenvalue weighted by Crippen LogP contribution is -2.58. The maximum atomic E-state index is 13.9. The number of anilines is 1. The van der Waals surface area contributed by atoms with E-state index in [1.807, 2.05) is 52.0 Å². The molecule has 2 amide bonds. The molecular formula is C30H38N6O2. The van der Waals surface area contributed by atoms with Crippen LogP contribution in [0, 0.1) is 43.4 Å². The highest BCUT2D eigenvalue weighted by molar-refractivity contribution is 6.01. The van der Waals surface area contributed by atoms with Gasteiger partial charge in [0.05, 0.1) is 5.69 Å². The molecule has 1 unspecified atom stereocenters. The lowest BCUT2D eigenvalue weighted by molar-refractivity contribution is -0.125. The summed E-state index contributed by atoms with van der Waals surface area (Å²) in [6, 6.07) is 9.10. The molecule has 200 valence electrons. The van der Waals surface area contributed by atoms with Crippen molar-refractivity contribution < 1.29 is 9.59 Å². The number of nitrogens with zero attached hydrogens (tertiary/aromatic N) is 3. The Balaban J connectivity index is 1.26. The first kappa shape index (κ1) is 24.9. The van der Waals surface area contributed by atoms with E-state index in [4.69, 9.17) is 0 Å². The third-order valence-corrected chi connectivity index (χ3v) is 9.21. The van der Waals surface area contributed by atoms with E-state index in [1.54, 1.807) is 16.9 Å². The molecule has 4 aliphatic rings. The second kappa shape index (κ2) is 9.71. The summed E-state index contributed by atoms with van der Waals surface area (Å²) in [6.07, 6.45) is 7.72. The van der Waals surface area contributed by atoms with Gasteiger partial charge in [-0.2, -0.15) is 10.2 Å². The van der Waals surface area contributed by atoms with Crippen LogP contribution in [-0.4, -0.2) is 37.8 Å². The Morgan fingerprint density at radius 2 is 1.63 bits per heavy atom. The van der Waals surface area contributed by atoms with Gasteiger partial charge < -0.3 is 10.6 Å². The minimum absolute atomic E-state index is 0.0558. The molecule has 3 N–H and O–H groups in total. The van der Waals surface area contributed by atoms with Crippen LogP contribution in [0.4, 0.5) is 5.69 Å². The third-order valence-electron chi connectivity index (χ3n) is 9.21. The monoisotopic (exact) mass is 514 g/mol. The summed E-state index contributed by atoms with van der Waals surface area (Å²) < 4.78 is 1.72. The van der Waals surface area contributed by atoms with Crippen LogP contribution in [0.25, 0.3) is 11.1 Å². The first-order valence-electron chi connectivity index (χ1n) is 14.1. The first-order valence-corrected chi connectivity index (χ1v) is 14.1. The van der Waals surface area contributed by atoms with Crippen molar-refractivity contribution in [3.05, 3.63) is 53.6 Å². The highest BCUT2D eigenvalue weighted by atomic mass is 16.2. The van der Waals surface area contributed by atoms with Crippen LogP contribution in [-0.2, 0) is 4.79 Å². The summed E-state index contributed by atoms with van der Waals surface area (Å²) in [4.78, 5) is 27.4. The number of benzene rings is 1. The fourth-order valence-electron chi connectivity index (χ4n) is 7.89. The van der Waals surface area contributed by atoms with Gasteiger partial charge in [0, 0.05) is 29.2 Å². The van der Waals surface area contributed by atoms with Gasteiger partial charge in [-0.3, -0.25) is 19.4 Å². The molecule has 4 aliphatic carbocycles. The van der Waals surface area contributed by atoms with E-state index in [-0.39, 0.29) is 23.8 Å². The lowest BCUT2D eigenvalue weighted by atomic mass is 9.50. The minimum atomic E-state index is -0.578. The molecule has 38 heavy (non-hydrogen) atoms. The fraction of sp³-hybridized carbons (Fsp3) is 0.533. The second-order valence-electron chi connectivity index (χ2n) is 12.1. The van der Waals surface area contributed by atoms with Crippen molar-refractivity contribution in [1.29, 1.82) is 0 Å². The van der Waals surface area contributed by atoms with Crippen LogP contribution in [0.1, 0.15) is 73.9 Å². The van der Waals surface area contributed by atoms with Crippen LogP contribution in [0.3, 0.4) is 0 Å². The number of aromatic amines is 1. The zero-order valence-electron chi connectivity index (χ0n) is 22.7. The van der Waals surface area contributed by atoms with Crippen LogP contribution < -0.4 is 10.6 Å². The molecule has 4 fully saturated rings. The smallest absolute Gasteiger partial charge is 0.270 e. The summed E-state index contributed by atoms with van der Waals surface area (Å²) in [5.74, 6) is 2.37. The van der Waals surface area contributed by atoms with Crippen molar-refractivity contribution >= 4 is 17.5 Å².